The van der Waals surface area contributed by atoms with Crippen molar-refractivity contribution in [2.24, 2.45) is 11.7 Å². The van der Waals surface area contributed by atoms with Crippen LogP contribution in [-0.2, 0) is 10.3 Å². The Morgan fingerprint density at radius 1 is 1.26 bits per heavy atom. The molecule has 1 aromatic heterocycles. The van der Waals surface area contributed by atoms with Gasteiger partial charge < -0.3 is 15.3 Å². The number of aromatic nitrogens is 1. The van der Waals surface area contributed by atoms with E-state index in [0.29, 0.717) is 30.3 Å². The zero-order chi connectivity index (χ0) is 22.6. The van der Waals surface area contributed by atoms with Gasteiger partial charge in [0.05, 0.1) is 17.8 Å². The highest BCUT2D eigenvalue weighted by Gasteiger charge is 2.36. The third kappa shape index (κ3) is 5.86. The highest BCUT2D eigenvalue weighted by atomic mass is 35.5. The normalized spacial score (nSPS) is 18.1. The predicted molar refractivity (Wildman–Crippen MR) is 122 cm³/mol. The van der Waals surface area contributed by atoms with Crippen molar-refractivity contribution in [3.63, 3.8) is 0 Å². The van der Waals surface area contributed by atoms with Crippen LogP contribution in [0.2, 0.25) is 5.02 Å². The van der Waals surface area contributed by atoms with E-state index in [1.807, 2.05) is 31.2 Å². The van der Waals surface area contributed by atoms with Crippen LogP contribution in [-0.4, -0.2) is 64.6 Å². The maximum atomic E-state index is 11.4. The minimum Gasteiger partial charge on any atom is -0.439 e. The number of rotatable bonds is 9. The second-order valence-corrected chi connectivity index (χ2v) is 9.22. The second kappa shape index (κ2) is 10.1. The van der Waals surface area contributed by atoms with Gasteiger partial charge in [-0.15, -0.1) is 0 Å². The summed E-state index contributed by atoms with van der Waals surface area (Å²) in [5.74, 6) is 0.798. The Labute approximate surface area is 189 Å². The van der Waals surface area contributed by atoms with Crippen LogP contribution in [0.5, 0.6) is 0 Å². The van der Waals surface area contributed by atoms with Gasteiger partial charge >= 0.3 is 0 Å². The summed E-state index contributed by atoms with van der Waals surface area (Å²) in [7, 11) is 0. The van der Waals surface area contributed by atoms with E-state index in [4.69, 9.17) is 21.8 Å². The van der Waals surface area contributed by atoms with Gasteiger partial charge in [-0.2, -0.15) is 0 Å². The fourth-order valence-corrected chi connectivity index (χ4v) is 4.24. The minimum atomic E-state index is -0.550. The third-order valence-electron chi connectivity index (χ3n) is 6.24. The molecule has 8 heteroatoms. The first-order valence-electron chi connectivity index (χ1n) is 10.9. The number of amides is 1. The van der Waals surface area contributed by atoms with Gasteiger partial charge in [0.1, 0.15) is 0 Å². The molecule has 1 aliphatic heterocycles. The molecule has 1 aliphatic rings. The summed E-state index contributed by atoms with van der Waals surface area (Å²) in [6.45, 7) is 10.1. The Morgan fingerprint density at radius 3 is 2.48 bits per heavy atom. The fraction of sp³-hybridized carbons (Fsp3) is 0.565. The number of piperazine rings is 1. The Bertz CT molecular complexity index is 860. The molecular weight excluding hydrogens is 416 g/mol. The zero-order valence-corrected chi connectivity index (χ0v) is 19.3. The van der Waals surface area contributed by atoms with E-state index in [1.165, 1.54) is 0 Å². The molecule has 0 saturated carbocycles. The van der Waals surface area contributed by atoms with Crippen molar-refractivity contribution in [3.8, 4) is 11.3 Å². The quantitative estimate of drug-likeness (QED) is 0.611. The lowest BCUT2D eigenvalue weighted by atomic mass is 9.97. The van der Waals surface area contributed by atoms with Crippen LogP contribution in [0.1, 0.15) is 39.5 Å². The molecule has 3 N–H and O–H groups in total. The molecule has 2 atom stereocenters. The van der Waals surface area contributed by atoms with Gasteiger partial charge in [0.15, 0.2) is 5.76 Å². The van der Waals surface area contributed by atoms with Crippen LogP contribution in [0.15, 0.2) is 34.9 Å². The van der Waals surface area contributed by atoms with Crippen molar-refractivity contribution < 1.29 is 14.3 Å². The highest BCUT2D eigenvalue weighted by molar-refractivity contribution is 6.30. The Morgan fingerprint density at radius 2 is 1.90 bits per heavy atom. The van der Waals surface area contributed by atoms with E-state index in [2.05, 4.69) is 28.6 Å². The first kappa shape index (κ1) is 23.7. The molecule has 3 rings (SSSR count). The predicted octanol–water partition coefficient (Wildman–Crippen LogP) is 3.11. The number of nitrogens with two attached hydrogens (primary N) is 1. The molecule has 1 fully saturated rings. The van der Waals surface area contributed by atoms with Crippen molar-refractivity contribution in [1.29, 1.82) is 0 Å². The van der Waals surface area contributed by atoms with Gasteiger partial charge in [-0.1, -0.05) is 18.5 Å². The topological polar surface area (TPSA) is 95.8 Å². The summed E-state index contributed by atoms with van der Waals surface area (Å²) in [6.07, 6.45) is 2.28. The second-order valence-electron chi connectivity index (χ2n) is 8.78. The summed E-state index contributed by atoms with van der Waals surface area (Å²) in [4.78, 5) is 20.6. The van der Waals surface area contributed by atoms with E-state index >= 15 is 0 Å². The number of carbonyl (C=O) groups is 1. The molecular formula is C23H33ClN4O3. The molecule has 1 unspecified atom stereocenters. The molecule has 1 amide bonds. The first-order chi connectivity index (χ1) is 14.7. The van der Waals surface area contributed by atoms with Gasteiger partial charge in [-0.25, -0.2) is 4.98 Å². The molecule has 0 aliphatic carbocycles. The lowest BCUT2D eigenvalue weighted by Crippen LogP contribution is -2.54. The number of benzene rings is 1. The molecule has 7 nitrogen and oxygen atoms in total. The Hall–Kier alpha value is -1.93. The van der Waals surface area contributed by atoms with Gasteiger partial charge in [-0.3, -0.25) is 14.6 Å². The lowest BCUT2D eigenvalue weighted by Gasteiger charge is -2.42. The number of carbonyl (C=O) groups excluding carboxylic acids is 1. The zero-order valence-electron chi connectivity index (χ0n) is 18.6. The fourth-order valence-electron chi connectivity index (χ4n) is 4.11. The van der Waals surface area contributed by atoms with Crippen LogP contribution in [0.4, 0.5) is 0 Å². The summed E-state index contributed by atoms with van der Waals surface area (Å²) < 4.78 is 6.10. The number of nitrogens with zero attached hydrogens (tertiary/aromatic N) is 3. The third-order valence-corrected chi connectivity index (χ3v) is 6.49. The lowest BCUT2D eigenvalue weighted by molar-refractivity contribution is -0.123. The van der Waals surface area contributed by atoms with Crippen LogP contribution in [0.3, 0.4) is 0 Å². The number of oxazole rings is 1. The smallest absolute Gasteiger partial charge is 0.220 e. The first-order valence-corrected chi connectivity index (χ1v) is 11.3. The molecule has 0 bridgehead atoms. The molecule has 0 radical (unpaired) electrons. The number of primary amides is 1. The molecule has 2 aromatic rings. The van der Waals surface area contributed by atoms with Gasteiger partial charge in [0.2, 0.25) is 11.8 Å². The number of β-amino-alcohol motifs (C(OH)–C–C–N with tert-alkyl or cyclic N) is 1. The molecule has 1 aromatic carbocycles. The van der Waals surface area contributed by atoms with Crippen LogP contribution >= 0.6 is 11.6 Å². The molecule has 0 spiro atoms. The summed E-state index contributed by atoms with van der Waals surface area (Å²) in [6, 6.07) is 7.52. The van der Waals surface area contributed by atoms with E-state index in [1.54, 1.807) is 6.20 Å². The summed E-state index contributed by atoms with van der Waals surface area (Å²) in [5.41, 5.74) is 6.00. The number of aliphatic hydroxyl groups excluding tert-OH is 1. The maximum absolute atomic E-state index is 11.4. The van der Waals surface area contributed by atoms with Gasteiger partial charge in [0, 0.05) is 49.2 Å². The average Bonchev–Trinajstić information content (AvgIpc) is 3.24. The number of hydrogen-bond donors (Lipinski definition) is 2. The van der Waals surface area contributed by atoms with Crippen molar-refractivity contribution in [1.82, 2.24) is 14.8 Å². The SMILES string of the molecule is CCC(C[C@H](O)CN1CCN(C(C)(C)c2ncc(-c3ccc(Cl)cc3)o2)CC1)C(N)=O. The monoisotopic (exact) mass is 448 g/mol. The largest absolute Gasteiger partial charge is 0.439 e. The van der Waals surface area contributed by atoms with E-state index in [9.17, 15) is 9.90 Å². The number of halogens is 1. The Kier molecular flexibility index (Phi) is 7.75. The van der Waals surface area contributed by atoms with Crippen molar-refractivity contribution in [2.75, 3.05) is 32.7 Å². The highest BCUT2D eigenvalue weighted by Crippen LogP contribution is 2.31. The van der Waals surface area contributed by atoms with Crippen LogP contribution in [0.25, 0.3) is 11.3 Å². The average molecular weight is 449 g/mol. The van der Waals surface area contributed by atoms with Crippen molar-refractivity contribution in [3.05, 3.63) is 41.4 Å². The minimum absolute atomic E-state index is 0.268. The number of hydrogen-bond acceptors (Lipinski definition) is 6. The van der Waals surface area contributed by atoms with Gasteiger partial charge in [0.25, 0.3) is 0 Å². The van der Waals surface area contributed by atoms with Crippen LogP contribution in [0, 0.1) is 5.92 Å². The standard InChI is InChI=1S/C23H33ClN4O3/c1-4-16(21(25)30)13-19(29)15-27-9-11-28(12-10-27)23(2,3)22-26-14-20(31-22)17-5-7-18(24)8-6-17/h5-8,14,16,19,29H,4,9-13,15H2,1-3H3,(H2,25,30)/t16?,19-/m0/s1. The molecule has 31 heavy (non-hydrogen) atoms. The molecule has 1 saturated heterocycles. The molecule has 2 heterocycles. The van der Waals surface area contributed by atoms with Crippen LogP contribution < -0.4 is 5.73 Å². The van der Waals surface area contributed by atoms with E-state index in [-0.39, 0.29) is 17.4 Å². The van der Waals surface area contributed by atoms with Crippen molar-refractivity contribution in [2.45, 2.75) is 45.3 Å². The molecule has 170 valence electrons. The summed E-state index contributed by atoms with van der Waals surface area (Å²) in [5, 5.41) is 11.1. The number of aliphatic hydroxyl groups is 1. The van der Waals surface area contributed by atoms with Crippen molar-refractivity contribution >= 4 is 17.5 Å². The van der Waals surface area contributed by atoms with E-state index in [0.717, 1.165) is 37.5 Å². The Balaban J connectivity index is 1.56. The van der Waals surface area contributed by atoms with E-state index < -0.39 is 6.10 Å². The maximum Gasteiger partial charge on any atom is 0.220 e. The summed E-state index contributed by atoms with van der Waals surface area (Å²) >= 11 is 5.97. The van der Waals surface area contributed by atoms with Gasteiger partial charge in [-0.05, 0) is 51.0 Å².